The third-order valence-corrected chi connectivity index (χ3v) is 5.74. The summed E-state index contributed by atoms with van der Waals surface area (Å²) in [4.78, 5) is 2.52. The molecule has 0 N–H and O–H groups in total. The van der Waals surface area contributed by atoms with E-state index in [1.54, 1.807) is 5.56 Å². The van der Waals surface area contributed by atoms with Gasteiger partial charge in [0.15, 0.2) is 0 Å². The van der Waals surface area contributed by atoms with Crippen molar-refractivity contribution in [2.75, 3.05) is 26.2 Å². The molecule has 0 bridgehead atoms. The van der Waals surface area contributed by atoms with E-state index in [4.69, 9.17) is 0 Å². The van der Waals surface area contributed by atoms with Crippen LogP contribution in [0.1, 0.15) is 51.3 Å². The van der Waals surface area contributed by atoms with Crippen molar-refractivity contribution in [3.8, 4) is 0 Å². The van der Waals surface area contributed by atoms with Crippen LogP contribution in [0, 0.1) is 0 Å². The lowest BCUT2D eigenvalue weighted by Crippen LogP contribution is -2.30. The van der Waals surface area contributed by atoms with Gasteiger partial charge in [0, 0.05) is 56.2 Å². The third kappa shape index (κ3) is 5.06. The van der Waals surface area contributed by atoms with Gasteiger partial charge < -0.3 is 4.57 Å². The second-order valence-corrected chi connectivity index (χ2v) is 7.45. The number of benzene rings is 1. The summed E-state index contributed by atoms with van der Waals surface area (Å²) in [7, 11) is 4.94. The van der Waals surface area contributed by atoms with Gasteiger partial charge in [-0.1, -0.05) is 54.8 Å². The van der Waals surface area contributed by atoms with Gasteiger partial charge in [-0.05, 0) is 31.0 Å². The molecule has 1 fully saturated rings. The van der Waals surface area contributed by atoms with Crippen LogP contribution in [0.3, 0.4) is 0 Å². The smallest absolute Gasteiger partial charge is 0.0483 e. The molecule has 1 aromatic heterocycles. The molecule has 3 heterocycles. The molecule has 1 saturated heterocycles. The van der Waals surface area contributed by atoms with E-state index in [0.717, 1.165) is 13.1 Å². The molecule has 0 aliphatic carbocycles. The Hall–Kier alpha value is -0.890. The average Bonchev–Trinajstić information content (AvgIpc) is 2.97. The van der Waals surface area contributed by atoms with Crippen LogP contribution in [0.25, 0.3) is 10.9 Å². The standard InChI is InChI=1S/C14H18N2.C5H12NP.C2H6/c1-3-16-9-8-14-12(10-16)11-6-4-5-7-13(11)15(14)2;7-6-4-2-1-3-5-6;1-2/h4-7H,3,8-10H2,1-2H3;1-5,7H2;1-2H3. The molecule has 25 heavy (non-hydrogen) atoms. The van der Waals surface area contributed by atoms with E-state index in [0.29, 0.717) is 0 Å². The summed E-state index contributed by atoms with van der Waals surface area (Å²) in [5, 5.41) is 1.44. The van der Waals surface area contributed by atoms with Crippen molar-refractivity contribution < 1.29 is 0 Å². The summed E-state index contributed by atoms with van der Waals surface area (Å²) in [5.41, 5.74) is 4.46. The molecule has 3 nitrogen and oxygen atoms in total. The number of nitrogens with zero attached hydrogens (tertiary/aromatic N) is 3. The minimum absolute atomic E-state index is 1.12. The summed E-state index contributed by atoms with van der Waals surface area (Å²) in [6.07, 6.45) is 5.41. The van der Waals surface area contributed by atoms with Gasteiger partial charge in [0.2, 0.25) is 0 Å². The maximum absolute atomic E-state index is 2.74. The highest BCUT2D eigenvalue weighted by Crippen LogP contribution is 2.29. The fraction of sp³-hybridized carbons (Fsp3) is 0.619. The molecule has 1 unspecified atom stereocenters. The molecule has 2 aliphatic heterocycles. The molecule has 0 saturated carbocycles. The first-order valence-corrected chi connectivity index (χ1v) is 10.5. The Balaban J connectivity index is 0.000000211. The molecule has 4 rings (SSSR count). The Morgan fingerprint density at radius 1 is 1.00 bits per heavy atom. The van der Waals surface area contributed by atoms with E-state index in [9.17, 15) is 0 Å². The number of likely N-dealkylation sites (N-methyl/N-ethyl adjacent to an activating group) is 1. The molecular weight excluding hydrogens is 325 g/mol. The number of piperidine rings is 1. The Morgan fingerprint density at radius 3 is 2.28 bits per heavy atom. The van der Waals surface area contributed by atoms with E-state index >= 15 is 0 Å². The highest BCUT2D eigenvalue weighted by molar-refractivity contribution is 7.13. The topological polar surface area (TPSA) is 11.4 Å². The average molecular weight is 362 g/mol. The molecule has 0 radical (unpaired) electrons. The van der Waals surface area contributed by atoms with Crippen LogP contribution in [0.4, 0.5) is 0 Å². The molecule has 4 heteroatoms. The lowest BCUT2D eigenvalue weighted by atomic mass is 10.0. The van der Waals surface area contributed by atoms with Gasteiger partial charge in [-0.25, -0.2) is 0 Å². The summed E-state index contributed by atoms with van der Waals surface area (Å²) < 4.78 is 4.68. The summed E-state index contributed by atoms with van der Waals surface area (Å²) in [6, 6.07) is 8.76. The van der Waals surface area contributed by atoms with Gasteiger partial charge in [-0.15, -0.1) is 0 Å². The Labute approximate surface area is 156 Å². The van der Waals surface area contributed by atoms with Crippen LogP contribution >= 0.6 is 9.39 Å². The quantitative estimate of drug-likeness (QED) is 0.673. The van der Waals surface area contributed by atoms with Crippen LogP contribution in [0.5, 0.6) is 0 Å². The van der Waals surface area contributed by atoms with Crippen molar-refractivity contribution in [1.29, 1.82) is 0 Å². The predicted octanol–water partition coefficient (Wildman–Crippen LogP) is 4.84. The Kier molecular flexibility index (Phi) is 8.42. The van der Waals surface area contributed by atoms with Crippen molar-refractivity contribution in [3.63, 3.8) is 0 Å². The van der Waals surface area contributed by atoms with Crippen molar-refractivity contribution >= 4 is 20.3 Å². The number of hydrogen-bond donors (Lipinski definition) is 0. The van der Waals surface area contributed by atoms with Gasteiger partial charge in [-0.2, -0.15) is 0 Å². The number of aromatic nitrogens is 1. The number of hydrogen-bond acceptors (Lipinski definition) is 2. The highest BCUT2D eigenvalue weighted by Gasteiger charge is 2.21. The summed E-state index contributed by atoms with van der Waals surface area (Å²) in [5.74, 6) is 0. The normalized spacial score (nSPS) is 18.0. The molecule has 2 aliphatic rings. The van der Waals surface area contributed by atoms with Crippen molar-refractivity contribution in [3.05, 3.63) is 35.5 Å². The number of fused-ring (bicyclic) bond motifs is 3. The first-order valence-electron chi connectivity index (χ1n) is 9.98. The van der Waals surface area contributed by atoms with Gasteiger partial charge in [0.25, 0.3) is 0 Å². The van der Waals surface area contributed by atoms with Gasteiger partial charge in [-0.3, -0.25) is 9.57 Å². The van der Waals surface area contributed by atoms with Crippen LogP contribution in [-0.4, -0.2) is 40.3 Å². The predicted molar refractivity (Wildman–Crippen MR) is 114 cm³/mol. The SMILES string of the molecule is CC.CCN1CCc2c(c3ccccc3n2C)C1.PN1CCCCC1. The summed E-state index contributed by atoms with van der Waals surface area (Å²) >= 11 is 0. The van der Waals surface area contributed by atoms with Gasteiger partial charge in [0.05, 0.1) is 0 Å². The zero-order valence-electron chi connectivity index (χ0n) is 16.6. The monoisotopic (exact) mass is 361 g/mol. The fourth-order valence-corrected chi connectivity index (χ4v) is 4.14. The number of para-hydroxylation sites is 1. The van der Waals surface area contributed by atoms with Crippen LogP contribution < -0.4 is 0 Å². The first kappa shape index (κ1) is 20.4. The van der Waals surface area contributed by atoms with E-state index in [1.807, 2.05) is 13.8 Å². The van der Waals surface area contributed by atoms with E-state index < -0.39 is 0 Å². The highest BCUT2D eigenvalue weighted by atomic mass is 31.0. The molecule has 140 valence electrons. The Bertz CT molecular complexity index is 644. The second kappa shape index (κ2) is 10.3. The van der Waals surface area contributed by atoms with Crippen LogP contribution in [0.2, 0.25) is 0 Å². The molecule has 2 aromatic rings. The minimum atomic E-state index is 1.12. The van der Waals surface area contributed by atoms with E-state index in [-0.39, 0.29) is 0 Å². The van der Waals surface area contributed by atoms with Crippen LogP contribution in [0.15, 0.2) is 24.3 Å². The molecule has 0 amide bonds. The Morgan fingerprint density at radius 2 is 1.68 bits per heavy atom. The lowest BCUT2D eigenvalue weighted by Gasteiger charge is -2.26. The third-order valence-electron chi connectivity index (χ3n) is 5.23. The number of aryl methyl sites for hydroxylation is 1. The van der Waals surface area contributed by atoms with Crippen molar-refractivity contribution in [1.82, 2.24) is 14.1 Å². The van der Waals surface area contributed by atoms with Gasteiger partial charge in [0.1, 0.15) is 0 Å². The fourth-order valence-electron chi connectivity index (χ4n) is 3.77. The summed E-state index contributed by atoms with van der Waals surface area (Å²) in [6.45, 7) is 12.3. The first-order chi connectivity index (χ1) is 12.2. The maximum atomic E-state index is 2.74. The molecule has 1 atom stereocenters. The zero-order chi connectivity index (χ0) is 18.2. The molecule has 0 spiro atoms. The molecule has 1 aromatic carbocycles. The van der Waals surface area contributed by atoms with Crippen molar-refractivity contribution in [2.24, 2.45) is 7.05 Å². The lowest BCUT2D eigenvalue weighted by molar-refractivity contribution is 0.266. The minimum Gasteiger partial charge on any atom is -0.347 e. The zero-order valence-corrected chi connectivity index (χ0v) is 17.7. The van der Waals surface area contributed by atoms with Crippen LogP contribution in [-0.2, 0) is 20.0 Å². The van der Waals surface area contributed by atoms with Crippen molar-refractivity contribution in [2.45, 2.75) is 53.0 Å². The second-order valence-electron chi connectivity index (χ2n) is 6.72. The molecular formula is C21H36N3P. The maximum Gasteiger partial charge on any atom is 0.0483 e. The van der Waals surface area contributed by atoms with E-state index in [1.165, 1.54) is 61.9 Å². The van der Waals surface area contributed by atoms with Gasteiger partial charge >= 0.3 is 0 Å². The largest absolute Gasteiger partial charge is 0.347 e. The van der Waals surface area contributed by atoms with E-state index in [2.05, 4.69) is 61.8 Å². The number of rotatable bonds is 1.